The number of carbonyl (C=O) groups excluding carboxylic acids is 1. The maximum Gasteiger partial charge on any atom is 0.251 e. The van der Waals surface area contributed by atoms with Gasteiger partial charge >= 0.3 is 0 Å². The minimum Gasteiger partial charge on any atom is -0.506 e. The van der Waals surface area contributed by atoms with Gasteiger partial charge in [-0.2, -0.15) is 0 Å². The minimum absolute atomic E-state index is 0.000891. The number of hydrogen-bond acceptors (Lipinski definition) is 2. The van der Waals surface area contributed by atoms with Crippen molar-refractivity contribution in [2.24, 2.45) is 5.41 Å². The molecule has 0 spiro atoms. The van der Waals surface area contributed by atoms with E-state index in [4.69, 9.17) is 11.6 Å². The van der Waals surface area contributed by atoms with Gasteiger partial charge in [0.25, 0.3) is 5.91 Å². The molecule has 3 nitrogen and oxygen atoms in total. The topological polar surface area (TPSA) is 49.3 Å². The molecule has 2 N–H and O–H groups in total. The van der Waals surface area contributed by atoms with E-state index in [1.807, 2.05) is 0 Å². The molecule has 1 saturated carbocycles. The second-order valence-electron chi connectivity index (χ2n) is 5.41. The highest BCUT2D eigenvalue weighted by atomic mass is 35.5. The zero-order valence-electron chi connectivity index (χ0n) is 11.2. The number of hydrogen-bond donors (Lipinski definition) is 2. The van der Waals surface area contributed by atoms with Crippen molar-refractivity contribution in [3.8, 4) is 5.75 Å². The summed E-state index contributed by atoms with van der Waals surface area (Å²) in [6.07, 6.45) is 6.01. The van der Waals surface area contributed by atoms with Crippen molar-refractivity contribution >= 4 is 17.5 Å². The normalized spacial score (nSPS) is 17.4. The quantitative estimate of drug-likeness (QED) is 0.883. The number of amides is 1. The van der Waals surface area contributed by atoms with Crippen LogP contribution in [0.1, 0.15) is 49.4 Å². The van der Waals surface area contributed by atoms with Crippen LogP contribution in [-0.2, 0) is 0 Å². The molecule has 4 heteroatoms. The van der Waals surface area contributed by atoms with E-state index in [9.17, 15) is 9.90 Å². The molecule has 1 aliphatic rings. The van der Waals surface area contributed by atoms with E-state index in [0.29, 0.717) is 5.56 Å². The molecule has 0 radical (unpaired) electrons. The van der Waals surface area contributed by atoms with E-state index in [-0.39, 0.29) is 22.1 Å². The smallest absolute Gasteiger partial charge is 0.251 e. The Kier molecular flexibility index (Phi) is 4.35. The monoisotopic (exact) mass is 281 g/mol. The molecule has 0 aromatic heterocycles. The number of phenols is 1. The Balaban J connectivity index is 1.99. The lowest BCUT2D eigenvalue weighted by Crippen LogP contribution is -2.35. The highest BCUT2D eigenvalue weighted by Crippen LogP contribution is 2.40. The first kappa shape index (κ1) is 14.2. The zero-order chi connectivity index (χ0) is 13.9. The predicted molar refractivity (Wildman–Crippen MR) is 76.6 cm³/mol. The van der Waals surface area contributed by atoms with Gasteiger partial charge < -0.3 is 10.4 Å². The first-order valence-corrected chi connectivity index (χ1v) is 7.21. The third kappa shape index (κ3) is 3.21. The molecule has 1 aromatic carbocycles. The predicted octanol–water partition coefficient (Wildman–Crippen LogP) is 3.75. The summed E-state index contributed by atoms with van der Waals surface area (Å²) in [7, 11) is 0. The van der Waals surface area contributed by atoms with Crippen LogP contribution in [0, 0.1) is 5.41 Å². The Labute approximate surface area is 119 Å². The summed E-state index contributed by atoms with van der Waals surface area (Å²) in [4.78, 5) is 12.1. The summed E-state index contributed by atoms with van der Waals surface area (Å²) in [5.74, 6) is -0.124. The van der Waals surface area contributed by atoms with E-state index in [1.165, 1.54) is 37.8 Å². The van der Waals surface area contributed by atoms with Crippen LogP contribution in [0.15, 0.2) is 18.2 Å². The van der Waals surface area contributed by atoms with Crippen molar-refractivity contribution in [2.45, 2.75) is 39.0 Å². The molecule has 0 bridgehead atoms. The van der Waals surface area contributed by atoms with Gasteiger partial charge in [-0.25, -0.2) is 0 Å². The Morgan fingerprint density at radius 3 is 2.68 bits per heavy atom. The van der Waals surface area contributed by atoms with Crippen molar-refractivity contribution in [3.05, 3.63) is 28.8 Å². The van der Waals surface area contributed by atoms with Gasteiger partial charge in [-0.05, 0) is 42.9 Å². The van der Waals surface area contributed by atoms with Crippen LogP contribution in [-0.4, -0.2) is 17.6 Å². The van der Waals surface area contributed by atoms with Crippen molar-refractivity contribution in [2.75, 3.05) is 6.54 Å². The third-order valence-electron chi connectivity index (χ3n) is 4.25. The number of nitrogens with one attached hydrogen (secondary N) is 1. The minimum atomic E-state index is -0.123. The van der Waals surface area contributed by atoms with Crippen LogP contribution < -0.4 is 5.32 Å². The third-order valence-corrected chi connectivity index (χ3v) is 4.55. The summed E-state index contributed by atoms with van der Waals surface area (Å²) < 4.78 is 0. The van der Waals surface area contributed by atoms with Crippen molar-refractivity contribution in [1.82, 2.24) is 5.32 Å². The number of halogens is 1. The molecule has 1 amide bonds. The molecule has 1 fully saturated rings. The average molecular weight is 282 g/mol. The lowest BCUT2D eigenvalue weighted by molar-refractivity contribution is 0.0929. The lowest BCUT2D eigenvalue weighted by Gasteiger charge is -2.27. The van der Waals surface area contributed by atoms with E-state index >= 15 is 0 Å². The summed E-state index contributed by atoms with van der Waals surface area (Å²) in [6.45, 7) is 2.91. The Morgan fingerprint density at radius 2 is 2.11 bits per heavy atom. The fourth-order valence-corrected chi connectivity index (χ4v) is 2.98. The maximum atomic E-state index is 12.1. The number of rotatable bonds is 4. The highest BCUT2D eigenvalue weighted by molar-refractivity contribution is 6.32. The van der Waals surface area contributed by atoms with Crippen molar-refractivity contribution < 1.29 is 9.90 Å². The molecular weight excluding hydrogens is 262 g/mol. The summed E-state index contributed by atoms with van der Waals surface area (Å²) >= 11 is 5.81. The molecule has 0 unspecified atom stereocenters. The van der Waals surface area contributed by atoms with Crippen LogP contribution in [0.5, 0.6) is 5.75 Å². The van der Waals surface area contributed by atoms with Gasteiger partial charge in [0.05, 0.1) is 5.02 Å². The molecule has 104 valence electrons. The van der Waals surface area contributed by atoms with Crippen LogP contribution >= 0.6 is 11.6 Å². The fourth-order valence-electron chi connectivity index (χ4n) is 2.80. The van der Waals surface area contributed by atoms with Crippen LogP contribution in [0.3, 0.4) is 0 Å². The van der Waals surface area contributed by atoms with Crippen molar-refractivity contribution in [3.63, 3.8) is 0 Å². The Morgan fingerprint density at radius 1 is 1.42 bits per heavy atom. The number of phenolic OH excluding ortho intramolecular Hbond substituents is 1. The number of aromatic hydroxyl groups is 1. The van der Waals surface area contributed by atoms with E-state index < -0.39 is 0 Å². The van der Waals surface area contributed by atoms with Gasteiger partial charge in [0.1, 0.15) is 5.75 Å². The van der Waals surface area contributed by atoms with Gasteiger partial charge in [0.15, 0.2) is 0 Å². The molecule has 0 saturated heterocycles. The number of carbonyl (C=O) groups is 1. The maximum absolute atomic E-state index is 12.1. The zero-order valence-corrected chi connectivity index (χ0v) is 12.0. The molecule has 1 aromatic rings. The van der Waals surface area contributed by atoms with Gasteiger partial charge in [-0.3, -0.25) is 4.79 Å². The summed E-state index contributed by atoms with van der Waals surface area (Å²) in [6, 6.07) is 4.53. The highest BCUT2D eigenvalue weighted by Gasteiger charge is 2.32. The van der Waals surface area contributed by atoms with Crippen molar-refractivity contribution in [1.29, 1.82) is 0 Å². The van der Waals surface area contributed by atoms with E-state index in [0.717, 1.165) is 13.0 Å². The molecule has 1 aliphatic carbocycles. The van der Waals surface area contributed by atoms with Crippen LogP contribution in [0.2, 0.25) is 5.02 Å². The Hall–Kier alpha value is -1.22. The SMILES string of the molecule is CCC1(CNC(=O)c2ccc(O)c(Cl)c2)CCCC1. The molecule has 0 aliphatic heterocycles. The molecule has 0 heterocycles. The summed E-state index contributed by atoms with van der Waals surface area (Å²) in [5, 5.41) is 12.6. The first-order valence-electron chi connectivity index (χ1n) is 6.83. The second kappa shape index (κ2) is 5.83. The van der Waals surface area contributed by atoms with E-state index in [2.05, 4.69) is 12.2 Å². The van der Waals surface area contributed by atoms with Gasteiger partial charge in [-0.15, -0.1) is 0 Å². The standard InChI is InChI=1S/C15H20ClNO2/c1-2-15(7-3-4-8-15)10-17-14(19)11-5-6-13(18)12(16)9-11/h5-6,9,18H,2-4,7-8,10H2,1H3,(H,17,19). The fraction of sp³-hybridized carbons (Fsp3) is 0.533. The Bertz CT molecular complexity index is 467. The second-order valence-corrected chi connectivity index (χ2v) is 5.82. The molecule has 19 heavy (non-hydrogen) atoms. The van der Waals surface area contributed by atoms with Crippen LogP contribution in [0.25, 0.3) is 0 Å². The van der Waals surface area contributed by atoms with Crippen LogP contribution in [0.4, 0.5) is 0 Å². The van der Waals surface area contributed by atoms with Gasteiger partial charge in [0, 0.05) is 12.1 Å². The first-order chi connectivity index (χ1) is 9.06. The van der Waals surface area contributed by atoms with Gasteiger partial charge in [-0.1, -0.05) is 31.4 Å². The summed E-state index contributed by atoms with van der Waals surface area (Å²) in [5.41, 5.74) is 0.767. The lowest BCUT2D eigenvalue weighted by atomic mass is 9.83. The van der Waals surface area contributed by atoms with Gasteiger partial charge in [0.2, 0.25) is 0 Å². The molecule has 0 atom stereocenters. The number of benzene rings is 1. The van der Waals surface area contributed by atoms with E-state index in [1.54, 1.807) is 6.07 Å². The molecular formula is C15H20ClNO2. The average Bonchev–Trinajstić information content (AvgIpc) is 2.89. The molecule has 2 rings (SSSR count). The largest absolute Gasteiger partial charge is 0.506 e.